The maximum atomic E-state index is 12.4. The number of amides is 1. The van der Waals surface area contributed by atoms with E-state index in [1.165, 1.54) is 16.7 Å². The normalized spacial score (nSPS) is 11.5. The number of aromatic amines is 1. The van der Waals surface area contributed by atoms with Gasteiger partial charge in [-0.1, -0.05) is 0 Å². The minimum atomic E-state index is -0.979. The third-order valence-electron chi connectivity index (χ3n) is 2.46. The summed E-state index contributed by atoms with van der Waals surface area (Å²) in [5.74, 6) is -0.271. The molecule has 106 valence electrons. The molecule has 0 saturated carbocycles. The monoisotopic (exact) mass is 285 g/mol. The van der Waals surface area contributed by atoms with E-state index in [0.29, 0.717) is 16.3 Å². The van der Waals surface area contributed by atoms with Crippen LogP contribution in [0, 0.1) is 6.92 Å². The molecular weight excluding hydrogens is 266 g/mol. The van der Waals surface area contributed by atoms with Crippen LogP contribution in [-0.2, 0) is 0 Å². The molecule has 0 aliphatic heterocycles. The predicted molar refractivity (Wildman–Crippen MR) is 74.6 cm³/mol. The number of rotatable bonds is 4. The molecule has 0 aliphatic rings. The molecule has 0 fully saturated rings. The van der Waals surface area contributed by atoms with Crippen molar-refractivity contribution in [2.45, 2.75) is 31.4 Å². The number of H-pyrrole nitrogens is 1. The molecule has 0 spiro atoms. The average Bonchev–Trinajstić information content (AvgIpc) is 2.24. The Labute approximate surface area is 116 Å². The van der Waals surface area contributed by atoms with Crippen LogP contribution in [0.1, 0.15) is 29.9 Å². The molecule has 1 aromatic rings. The molecule has 1 rings (SSSR count). The Balaban J connectivity index is 3.16. The first-order chi connectivity index (χ1) is 8.65. The van der Waals surface area contributed by atoms with Crippen molar-refractivity contribution in [3.05, 3.63) is 21.7 Å². The molecule has 0 saturated heterocycles. The smallest absolute Gasteiger partial charge is 0.346 e. The Hall–Kier alpha value is -1.34. The molecule has 7 heteroatoms. The van der Waals surface area contributed by atoms with Gasteiger partial charge < -0.3 is 15.0 Å². The van der Waals surface area contributed by atoms with Gasteiger partial charge in [0.25, 0.3) is 5.91 Å². The van der Waals surface area contributed by atoms with E-state index in [0.717, 1.165) is 0 Å². The van der Waals surface area contributed by atoms with Crippen molar-refractivity contribution in [2.75, 3.05) is 19.8 Å². The Morgan fingerprint density at radius 2 is 2.11 bits per heavy atom. The number of hydrogen-bond acceptors (Lipinski definition) is 5. The summed E-state index contributed by atoms with van der Waals surface area (Å²) >= 11 is 1.25. The average molecular weight is 285 g/mol. The first-order valence-electron chi connectivity index (χ1n) is 5.78. The van der Waals surface area contributed by atoms with Crippen LogP contribution >= 0.6 is 11.8 Å². The molecule has 0 aromatic carbocycles. The van der Waals surface area contributed by atoms with Gasteiger partial charge in [0.1, 0.15) is 5.03 Å². The minimum Gasteiger partial charge on any atom is -0.389 e. The van der Waals surface area contributed by atoms with Gasteiger partial charge in [0.2, 0.25) is 0 Å². The van der Waals surface area contributed by atoms with Gasteiger partial charge in [-0.3, -0.25) is 4.79 Å². The van der Waals surface area contributed by atoms with E-state index in [9.17, 15) is 14.7 Å². The number of likely N-dealkylation sites (N-methyl/N-ethyl adjacent to an activating group) is 1. The fourth-order valence-electron chi connectivity index (χ4n) is 1.80. The van der Waals surface area contributed by atoms with Gasteiger partial charge in [-0.15, -0.1) is 11.8 Å². The molecule has 1 amide bonds. The van der Waals surface area contributed by atoms with E-state index in [1.54, 1.807) is 34.1 Å². The second-order valence-corrected chi connectivity index (χ2v) is 5.82. The van der Waals surface area contributed by atoms with Crippen LogP contribution in [0.4, 0.5) is 0 Å². The zero-order valence-electron chi connectivity index (χ0n) is 11.8. The van der Waals surface area contributed by atoms with Gasteiger partial charge in [-0.2, -0.15) is 4.98 Å². The predicted octanol–water partition coefficient (Wildman–Crippen LogP) is 0.643. The molecule has 0 atom stereocenters. The standard InChI is InChI=1S/C12H19N3O3S/c1-7-8(9(19-5)14-11(17)13-7)10(16)15(4)6-12(2,3)18/h18H,6H2,1-5H3,(H,13,14,17). The maximum absolute atomic E-state index is 12.4. The summed E-state index contributed by atoms with van der Waals surface area (Å²) in [7, 11) is 1.61. The van der Waals surface area contributed by atoms with Crippen molar-refractivity contribution in [3.63, 3.8) is 0 Å². The van der Waals surface area contributed by atoms with Crippen LogP contribution in [0.25, 0.3) is 0 Å². The summed E-state index contributed by atoms with van der Waals surface area (Å²) in [5.41, 5.74) is -0.590. The highest BCUT2D eigenvalue weighted by molar-refractivity contribution is 7.98. The molecule has 2 N–H and O–H groups in total. The van der Waals surface area contributed by atoms with Crippen molar-refractivity contribution in [1.82, 2.24) is 14.9 Å². The van der Waals surface area contributed by atoms with Crippen molar-refractivity contribution in [1.29, 1.82) is 0 Å². The first kappa shape index (κ1) is 15.7. The number of nitrogens with zero attached hydrogens (tertiary/aromatic N) is 2. The lowest BCUT2D eigenvalue weighted by atomic mass is 10.1. The molecule has 0 unspecified atom stereocenters. The highest BCUT2D eigenvalue weighted by Crippen LogP contribution is 2.20. The van der Waals surface area contributed by atoms with Crippen LogP contribution in [0.3, 0.4) is 0 Å². The van der Waals surface area contributed by atoms with Crippen molar-refractivity contribution >= 4 is 17.7 Å². The van der Waals surface area contributed by atoms with E-state index in [4.69, 9.17) is 0 Å². The van der Waals surface area contributed by atoms with E-state index in [1.807, 2.05) is 0 Å². The zero-order valence-corrected chi connectivity index (χ0v) is 12.6. The molecule has 19 heavy (non-hydrogen) atoms. The van der Waals surface area contributed by atoms with Gasteiger partial charge in [-0.25, -0.2) is 4.79 Å². The van der Waals surface area contributed by atoms with Crippen molar-refractivity contribution in [2.24, 2.45) is 0 Å². The quantitative estimate of drug-likeness (QED) is 0.626. The topological polar surface area (TPSA) is 86.3 Å². The van der Waals surface area contributed by atoms with Crippen LogP contribution in [-0.4, -0.2) is 51.3 Å². The molecular formula is C12H19N3O3S. The Morgan fingerprint density at radius 1 is 1.53 bits per heavy atom. The molecule has 0 radical (unpaired) electrons. The number of thioether (sulfide) groups is 1. The first-order valence-corrected chi connectivity index (χ1v) is 7.01. The lowest BCUT2D eigenvalue weighted by molar-refractivity contribution is 0.0364. The maximum Gasteiger partial charge on any atom is 0.346 e. The highest BCUT2D eigenvalue weighted by atomic mass is 32.2. The summed E-state index contributed by atoms with van der Waals surface area (Å²) in [6.07, 6.45) is 1.76. The SMILES string of the molecule is CSc1nc(=O)[nH]c(C)c1C(=O)N(C)CC(C)(C)O. The zero-order chi connectivity index (χ0) is 14.8. The van der Waals surface area contributed by atoms with Gasteiger partial charge in [0.15, 0.2) is 0 Å². The summed E-state index contributed by atoms with van der Waals surface area (Å²) in [6.45, 7) is 5.11. The number of aromatic nitrogens is 2. The van der Waals surface area contributed by atoms with E-state index < -0.39 is 11.3 Å². The Kier molecular flexibility index (Phi) is 4.75. The van der Waals surface area contributed by atoms with Crippen LogP contribution in [0.5, 0.6) is 0 Å². The summed E-state index contributed by atoms with van der Waals surface area (Å²) in [5, 5.41) is 10.1. The largest absolute Gasteiger partial charge is 0.389 e. The fraction of sp³-hybridized carbons (Fsp3) is 0.583. The molecule has 1 aromatic heterocycles. The molecule has 0 aliphatic carbocycles. The van der Waals surface area contributed by atoms with Crippen LogP contribution in [0.15, 0.2) is 9.82 Å². The summed E-state index contributed by atoms with van der Waals surface area (Å²) < 4.78 is 0. The number of aryl methyl sites for hydroxylation is 1. The molecule has 1 heterocycles. The minimum absolute atomic E-state index is 0.193. The van der Waals surface area contributed by atoms with Gasteiger partial charge in [0, 0.05) is 19.3 Å². The third-order valence-corrected chi connectivity index (χ3v) is 3.15. The molecule has 0 bridgehead atoms. The van der Waals surface area contributed by atoms with Crippen molar-refractivity contribution < 1.29 is 9.90 Å². The number of carbonyl (C=O) groups excluding carboxylic acids is 1. The number of hydrogen-bond donors (Lipinski definition) is 2. The highest BCUT2D eigenvalue weighted by Gasteiger charge is 2.24. The van der Waals surface area contributed by atoms with Crippen LogP contribution < -0.4 is 5.69 Å². The fourth-order valence-corrected chi connectivity index (χ4v) is 2.42. The number of aliphatic hydroxyl groups is 1. The van der Waals surface area contributed by atoms with Gasteiger partial charge in [-0.05, 0) is 27.0 Å². The Bertz CT molecular complexity index is 534. The molecule has 6 nitrogen and oxygen atoms in total. The number of carbonyl (C=O) groups is 1. The van der Waals surface area contributed by atoms with E-state index in [-0.39, 0.29) is 12.5 Å². The van der Waals surface area contributed by atoms with Gasteiger partial charge in [0.05, 0.1) is 11.2 Å². The van der Waals surface area contributed by atoms with Gasteiger partial charge >= 0.3 is 5.69 Å². The van der Waals surface area contributed by atoms with Crippen LogP contribution in [0.2, 0.25) is 0 Å². The summed E-state index contributed by atoms with van der Waals surface area (Å²) in [6, 6.07) is 0. The lowest BCUT2D eigenvalue weighted by Crippen LogP contribution is -2.40. The van der Waals surface area contributed by atoms with E-state index in [2.05, 4.69) is 9.97 Å². The van der Waals surface area contributed by atoms with Crippen molar-refractivity contribution in [3.8, 4) is 0 Å². The second kappa shape index (κ2) is 5.75. The third kappa shape index (κ3) is 4.07. The second-order valence-electron chi connectivity index (χ2n) is 5.02. The van der Waals surface area contributed by atoms with E-state index >= 15 is 0 Å². The summed E-state index contributed by atoms with van der Waals surface area (Å²) in [4.78, 5) is 31.4. The number of nitrogens with one attached hydrogen (secondary N) is 1. The lowest BCUT2D eigenvalue weighted by Gasteiger charge is -2.26. The Morgan fingerprint density at radius 3 is 2.58 bits per heavy atom.